The molecule has 0 unspecified atom stereocenters. The Balaban J connectivity index is 1.93. The van der Waals surface area contributed by atoms with Gasteiger partial charge in [0.1, 0.15) is 11.0 Å². The first-order valence-electron chi connectivity index (χ1n) is 11.1. The molecular formula is C27H31N3O2. The van der Waals surface area contributed by atoms with Crippen LogP contribution in [0.2, 0.25) is 0 Å². The molecule has 4 rings (SSSR count). The molecule has 0 radical (unpaired) electrons. The zero-order chi connectivity index (χ0) is 23.1. The Morgan fingerprint density at radius 2 is 1.47 bits per heavy atom. The second-order valence-electron chi connectivity index (χ2n) is 10.6. The Hall–Kier alpha value is -3.21. The second kappa shape index (κ2) is 7.73. The Labute approximate surface area is 189 Å². The summed E-state index contributed by atoms with van der Waals surface area (Å²) in [7, 11) is 0. The van der Waals surface area contributed by atoms with E-state index in [2.05, 4.69) is 52.8 Å². The number of rotatable bonds is 5. The maximum atomic E-state index is 11.6. The van der Waals surface area contributed by atoms with Gasteiger partial charge in [-0.2, -0.15) is 4.80 Å². The average Bonchev–Trinajstić information content (AvgIpc) is 3.16. The molecule has 0 bridgehead atoms. The molecule has 0 amide bonds. The minimum atomic E-state index is -0.840. The summed E-state index contributed by atoms with van der Waals surface area (Å²) in [4.78, 5) is 13.3. The summed E-state index contributed by atoms with van der Waals surface area (Å²) in [6.45, 7) is 11.3. The molecule has 5 nitrogen and oxygen atoms in total. The lowest BCUT2D eigenvalue weighted by Crippen LogP contribution is -2.43. The largest absolute Gasteiger partial charge is 0.481 e. The summed E-state index contributed by atoms with van der Waals surface area (Å²) >= 11 is 0. The summed E-state index contributed by atoms with van der Waals surface area (Å²) in [6, 6.07) is 16.0. The standard InChI is InChI=1S/C27H31N3O2/c1-25(2,3)18-26(4,5)27(16-14-19(15-17-27)24(31)32)20-10-6-9-13-23(20)30-28-21-11-7-8-12-22(21)29-30/h6-17,19H,18H2,1-5H3,(H,31,32). The lowest BCUT2D eigenvalue weighted by Gasteiger charge is -2.48. The van der Waals surface area contributed by atoms with Crippen molar-refractivity contribution in [2.24, 2.45) is 16.7 Å². The first kappa shape index (κ1) is 22.0. The van der Waals surface area contributed by atoms with Crippen LogP contribution in [-0.4, -0.2) is 26.1 Å². The molecule has 1 heterocycles. The predicted molar refractivity (Wildman–Crippen MR) is 128 cm³/mol. The number of hydrogen-bond acceptors (Lipinski definition) is 3. The molecular weight excluding hydrogens is 398 g/mol. The van der Waals surface area contributed by atoms with Crippen LogP contribution in [0, 0.1) is 16.7 Å². The van der Waals surface area contributed by atoms with Crippen molar-refractivity contribution in [1.82, 2.24) is 15.0 Å². The van der Waals surface area contributed by atoms with E-state index in [1.807, 2.05) is 54.6 Å². The number of nitrogens with zero attached hydrogens (tertiary/aromatic N) is 3. The summed E-state index contributed by atoms with van der Waals surface area (Å²) in [5.41, 5.74) is 3.01. The molecule has 3 aromatic rings. The summed E-state index contributed by atoms with van der Waals surface area (Å²) in [5.74, 6) is -1.46. The van der Waals surface area contributed by atoms with Gasteiger partial charge >= 0.3 is 5.97 Å². The molecule has 0 spiro atoms. The van der Waals surface area contributed by atoms with Crippen LogP contribution < -0.4 is 0 Å². The zero-order valence-electron chi connectivity index (χ0n) is 19.4. The van der Waals surface area contributed by atoms with Crippen molar-refractivity contribution >= 4 is 17.0 Å². The number of hydrogen-bond donors (Lipinski definition) is 1. The highest BCUT2D eigenvalue weighted by atomic mass is 16.4. The first-order valence-corrected chi connectivity index (χ1v) is 11.1. The monoisotopic (exact) mass is 429 g/mol. The van der Waals surface area contributed by atoms with Crippen molar-refractivity contribution in [2.45, 2.75) is 46.5 Å². The van der Waals surface area contributed by atoms with Gasteiger partial charge in [-0.15, -0.1) is 10.2 Å². The Kier molecular flexibility index (Phi) is 5.32. The van der Waals surface area contributed by atoms with Gasteiger partial charge in [0, 0.05) is 5.41 Å². The molecule has 1 N–H and O–H groups in total. The average molecular weight is 430 g/mol. The third-order valence-corrected chi connectivity index (χ3v) is 6.36. The number of fused-ring (bicyclic) bond motifs is 1. The number of allylic oxidation sites excluding steroid dienone is 2. The quantitative estimate of drug-likeness (QED) is 0.509. The van der Waals surface area contributed by atoms with Crippen LogP contribution in [0.4, 0.5) is 0 Å². The fourth-order valence-electron chi connectivity index (χ4n) is 5.23. The third kappa shape index (κ3) is 3.88. The van der Waals surface area contributed by atoms with Crippen molar-refractivity contribution < 1.29 is 9.90 Å². The van der Waals surface area contributed by atoms with Crippen LogP contribution in [-0.2, 0) is 10.2 Å². The number of carboxylic acid groups (broad SMARTS) is 1. The molecule has 1 aliphatic carbocycles. The molecule has 1 aliphatic rings. The summed E-state index contributed by atoms with van der Waals surface area (Å²) < 4.78 is 0. The minimum absolute atomic E-state index is 0.0927. The van der Waals surface area contributed by atoms with Crippen molar-refractivity contribution in [3.05, 3.63) is 78.4 Å². The number of benzene rings is 2. The molecule has 0 saturated heterocycles. The van der Waals surface area contributed by atoms with E-state index in [4.69, 9.17) is 10.2 Å². The third-order valence-electron chi connectivity index (χ3n) is 6.36. The molecule has 32 heavy (non-hydrogen) atoms. The Bertz CT molecular complexity index is 1160. The van der Waals surface area contributed by atoms with E-state index in [0.717, 1.165) is 28.7 Å². The fraction of sp³-hybridized carbons (Fsp3) is 0.370. The van der Waals surface area contributed by atoms with Gasteiger partial charge in [0.25, 0.3) is 0 Å². The van der Waals surface area contributed by atoms with E-state index in [-0.39, 0.29) is 10.8 Å². The van der Waals surface area contributed by atoms with Gasteiger partial charge in [0.05, 0.1) is 11.6 Å². The molecule has 0 aliphatic heterocycles. The molecule has 2 aromatic carbocycles. The maximum absolute atomic E-state index is 11.6. The van der Waals surface area contributed by atoms with Crippen LogP contribution in [0.1, 0.15) is 46.6 Å². The van der Waals surface area contributed by atoms with E-state index < -0.39 is 17.3 Å². The predicted octanol–water partition coefficient (Wildman–Crippen LogP) is 5.95. The van der Waals surface area contributed by atoms with Gasteiger partial charge in [-0.25, -0.2) is 0 Å². The van der Waals surface area contributed by atoms with Gasteiger partial charge < -0.3 is 5.11 Å². The second-order valence-corrected chi connectivity index (χ2v) is 10.6. The molecule has 1 aromatic heterocycles. The maximum Gasteiger partial charge on any atom is 0.314 e. The normalized spacial score (nSPS) is 21.2. The van der Waals surface area contributed by atoms with Crippen molar-refractivity contribution in [3.63, 3.8) is 0 Å². The van der Waals surface area contributed by atoms with E-state index in [9.17, 15) is 9.90 Å². The van der Waals surface area contributed by atoms with Crippen molar-refractivity contribution in [2.75, 3.05) is 0 Å². The van der Waals surface area contributed by atoms with E-state index in [1.54, 1.807) is 4.80 Å². The highest BCUT2D eigenvalue weighted by molar-refractivity contribution is 5.76. The number of aliphatic carboxylic acids is 1. The zero-order valence-corrected chi connectivity index (χ0v) is 19.4. The molecule has 166 valence electrons. The summed E-state index contributed by atoms with van der Waals surface area (Å²) in [6.07, 6.45) is 8.74. The SMILES string of the molecule is CC(C)(C)CC(C)(C)C1(c2ccccc2-n2nc3ccccc3n2)C=CC(C(=O)O)C=C1. The number of aromatic nitrogens is 3. The first-order chi connectivity index (χ1) is 15.0. The summed E-state index contributed by atoms with van der Waals surface area (Å²) in [5, 5.41) is 19.0. The molecule has 0 fully saturated rings. The number of para-hydroxylation sites is 1. The molecule has 0 saturated carbocycles. The van der Waals surface area contributed by atoms with Crippen LogP contribution in [0.25, 0.3) is 16.7 Å². The van der Waals surface area contributed by atoms with E-state index in [1.165, 1.54) is 0 Å². The van der Waals surface area contributed by atoms with Crippen LogP contribution in [0.3, 0.4) is 0 Å². The Morgan fingerprint density at radius 3 is 2.00 bits per heavy atom. The smallest absolute Gasteiger partial charge is 0.314 e. The lowest BCUT2D eigenvalue weighted by atomic mass is 9.55. The minimum Gasteiger partial charge on any atom is -0.481 e. The van der Waals surface area contributed by atoms with Crippen LogP contribution >= 0.6 is 0 Å². The fourth-order valence-corrected chi connectivity index (χ4v) is 5.23. The van der Waals surface area contributed by atoms with Crippen LogP contribution in [0.5, 0.6) is 0 Å². The lowest BCUT2D eigenvalue weighted by molar-refractivity contribution is -0.138. The van der Waals surface area contributed by atoms with Gasteiger partial charge in [0.15, 0.2) is 0 Å². The van der Waals surface area contributed by atoms with E-state index in [0.29, 0.717) is 0 Å². The Morgan fingerprint density at radius 1 is 0.938 bits per heavy atom. The highest BCUT2D eigenvalue weighted by Crippen LogP contribution is 2.53. The van der Waals surface area contributed by atoms with Crippen molar-refractivity contribution in [3.8, 4) is 5.69 Å². The molecule has 0 atom stereocenters. The van der Waals surface area contributed by atoms with E-state index >= 15 is 0 Å². The van der Waals surface area contributed by atoms with Gasteiger partial charge in [-0.1, -0.05) is 89.3 Å². The topological polar surface area (TPSA) is 68.0 Å². The van der Waals surface area contributed by atoms with Crippen LogP contribution in [0.15, 0.2) is 72.8 Å². The van der Waals surface area contributed by atoms with Gasteiger partial charge in [-0.3, -0.25) is 4.79 Å². The highest BCUT2D eigenvalue weighted by Gasteiger charge is 2.47. The van der Waals surface area contributed by atoms with Gasteiger partial charge in [-0.05, 0) is 41.0 Å². The number of carboxylic acids is 1. The molecule has 5 heteroatoms. The van der Waals surface area contributed by atoms with Crippen molar-refractivity contribution in [1.29, 1.82) is 0 Å². The van der Waals surface area contributed by atoms with Gasteiger partial charge in [0.2, 0.25) is 0 Å². The number of carbonyl (C=O) groups is 1.